The SMILES string of the molecule is COc1cc(F)c(-c2ccc3nc(C(=O)NC(Cc4ccc(OCc5ccccc5)cc4)C(=O)O)cn3c2)c(F)c1. The Morgan fingerprint density at radius 2 is 1.63 bits per heavy atom. The summed E-state index contributed by atoms with van der Waals surface area (Å²) in [6.45, 7) is 0.401. The molecule has 3 aromatic carbocycles. The Morgan fingerprint density at radius 3 is 2.29 bits per heavy atom. The summed E-state index contributed by atoms with van der Waals surface area (Å²) >= 11 is 0. The molecule has 0 aliphatic rings. The number of aliphatic carboxylic acids is 1. The number of rotatable bonds is 10. The number of fused-ring (bicyclic) bond motifs is 1. The number of hydrogen-bond donors (Lipinski definition) is 2. The standard InChI is InChI=1S/C31H25F2N3O5/c1-40-23-14-24(32)29(25(33)15-23)21-9-12-28-34-27(17-36(28)16-21)30(37)35-26(31(38)39)13-19-7-10-22(11-8-19)41-18-20-5-3-2-4-6-20/h2-12,14-17,26H,13,18H2,1H3,(H,35,37)(H,38,39). The van der Waals surface area contributed by atoms with E-state index in [1.54, 1.807) is 24.3 Å². The Morgan fingerprint density at radius 1 is 0.927 bits per heavy atom. The van der Waals surface area contributed by atoms with E-state index < -0.39 is 29.6 Å². The number of nitrogens with one attached hydrogen (secondary N) is 1. The van der Waals surface area contributed by atoms with Crippen LogP contribution in [-0.4, -0.2) is 39.5 Å². The van der Waals surface area contributed by atoms with Crippen molar-refractivity contribution in [2.24, 2.45) is 0 Å². The zero-order valence-electron chi connectivity index (χ0n) is 21.9. The van der Waals surface area contributed by atoms with Gasteiger partial charge in [-0.15, -0.1) is 0 Å². The Balaban J connectivity index is 1.27. The Hall–Kier alpha value is -5.25. The number of imidazole rings is 1. The van der Waals surface area contributed by atoms with Crippen molar-refractivity contribution in [2.75, 3.05) is 7.11 Å². The van der Waals surface area contributed by atoms with Crippen LogP contribution in [-0.2, 0) is 17.8 Å². The third-order valence-electron chi connectivity index (χ3n) is 6.44. The molecule has 8 nitrogen and oxygen atoms in total. The summed E-state index contributed by atoms with van der Waals surface area (Å²) in [5, 5.41) is 12.2. The number of carboxylic acids is 1. The third-order valence-corrected chi connectivity index (χ3v) is 6.44. The molecule has 10 heteroatoms. The largest absolute Gasteiger partial charge is 0.497 e. The third kappa shape index (κ3) is 6.33. The first-order chi connectivity index (χ1) is 19.8. The fraction of sp³-hybridized carbons (Fsp3) is 0.129. The average molecular weight is 558 g/mol. The molecule has 208 valence electrons. The van der Waals surface area contributed by atoms with Gasteiger partial charge in [-0.1, -0.05) is 42.5 Å². The van der Waals surface area contributed by atoms with Gasteiger partial charge in [0.15, 0.2) is 0 Å². The van der Waals surface area contributed by atoms with Gasteiger partial charge in [-0.3, -0.25) is 4.79 Å². The molecule has 1 unspecified atom stereocenters. The minimum atomic E-state index is -1.22. The number of halogens is 2. The predicted octanol–water partition coefficient (Wildman–Crippen LogP) is 5.29. The molecule has 2 aromatic heterocycles. The van der Waals surface area contributed by atoms with Crippen molar-refractivity contribution in [3.8, 4) is 22.6 Å². The molecule has 2 N–H and O–H groups in total. The Bertz CT molecular complexity index is 1680. The van der Waals surface area contributed by atoms with Crippen LogP contribution in [0.3, 0.4) is 0 Å². The topological polar surface area (TPSA) is 102 Å². The van der Waals surface area contributed by atoms with Crippen LogP contribution in [0.25, 0.3) is 16.8 Å². The van der Waals surface area contributed by atoms with Gasteiger partial charge in [0.25, 0.3) is 5.91 Å². The lowest BCUT2D eigenvalue weighted by Gasteiger charge is -2.14. The van der Waals surface area contributed by atoms with E-state index in [0.29, 0.717) is 23.6 Å². The molecule has 1 amide bonds. The van der Waals surface area contributed by atoms with Gasteiger partial charge in [0, 0.05) is 36.5 Å². The lowest BCUT2D eigenvalue weighted by Crippen LogP contribution is -2.42. The number of carbonyl (C=O) groups excluding carboxylic acids is 1. The molecule has 0 saturated heterocycles. The van der Waals surface area contributed by atoms with E-state index in [2.05, 4.69) is 10.3 Å². The number of amides is 1. The van der Waals surface area contributed by atoms with Crippen LogP contribution in [0.15, 0.2) is 91.3 Å². The van der Waals surface area contributed by atoms with Crippen molar-refractivity contribution < 1.29 is 33.0 Å². The quantitative estimate of drug-likeness (QED) is 0.242. The Labute approximate surface area is 233 Å². The molecule has 5 aromatic rings. The number of aromatic nitrogens is 2. The van der Waals surface area contributed by atoms with Gasteiger partial charge in [0.05, 0.1) is 12.7 Å². The molecule has 1 atom stereocenters. The number of methoxy groups -OCH3 is 1. The van der Waals surface area contributed by atoms with Gasteiger partial charge in [0.2, 0.25) is 0 Å². The fourth-order valence-electron chi connectivity index (χ4n) is 4.32. The summed E-state index contributed by atoms with van der Waals surface area (Å²) in [4.78, 5) is 29.1. The van der Waals surface area contributed by atoms with Gasteiger partial charge < -0.3 is 24.3 Å². The zero-order chi connectivity index (χ0) is 28.9. The number of benzene rings is 3. The van der Waals surface area contributed by atoms with Crippen LogP contribution < -0.4 is 14.8 Å². The number of nitrogens with zero attached hydrogens (tertiary/aromatic N) is 2. The van der Waals surface area contributed by atoms with Gasteiger partial charge in [-0.2, -0.15) is 0 Å². The van der Waals surface area contributed by atoms with Crippen molar-refractivity contribution >= 4 is 17.5 Å². The van der Waals surface area contributed by atoms with Crippen molar-refractivity contribution in [3.05, 3.63) is 120 Å². The molecule has 0 saturated carbocycles. The maximum atomic E-state index is 14.6. The van der Waals surface area contributed by atoms with Crippen molar-refractivity contribution in [1.29, 1.82) is 0 Å². The van der Waals surface area contributed by atoms with Gasteiger partial charge >= 0.3 is 5.97 Å². The minimum Gasteiger partial charge on any atom is -0.497 e. The van der Waals surface area contributed by atoms with E-state index in [1.165, 1.54) is 36.0 Å². The van der Waals surface area contributed by atoms with Gasteiger partial charge in [-0.05, 0) is 35.4 Å². The molecular weight excluding hydrogens is 532 g/mol. The molecule has 5 rings (SSSR count). The highest BCUT2D eigenvalue weighted by Gasteiger charge is 2.23. The fourth-order valence-corrected chi connectivity index (χ4v) is 4.32. The molecule has 0 aliphatic heterocycles. The molecule has 41 heavy (non-hydrogen) atoms. The van der Waals surface area contributed by atoms with Gasteiger partial charge in [0.1, 0.15) is 47.1 Å². The van der Waals surface area contributed by atoms with Crippen LogP contribution >= 0.6 is 0 Å². The average Bonchev–Trinajstić information content (AvgIpc) is 3.40. The minimum absolute atomic E-state index is 0.0353. The maximum absolute atomic E-state index is 14.6. The molecule has 2 heterocycles. The number of pyridine rings is 1. The lowest BCUT2D eigenvalue weighted by atomic mass is 10.1. The van der Waals surface area contributed by atoms with Crippen molar-refractivity contribution in [3.63, 3.8) is 0 Å². The second kappa shape index (κ2) is 11.9. The highest BCUT2D eigenvalue weighted by molar-refractivity contribution is 5.95. The van der Waals surface area contributed by atoms with Crippen molar-refractivity contribution in [1.82, 2.24) is 14.7 Å². The van der Waals surface area contributed by atoms with Crippen molar-refractivity contribution in [2.45, 2.75) is 19.1 Å². The van der Waals surface area contributed by atoms with E-state index in [4.69, 9.17) is 9.47 Å². The number of carboxylic acid groups (broad SMARTS) is 1. The first-order valence-corrected chi connectivity index (χ1v) is 12.6. The highest BCUT2D eigenvalue weighted by Crippen LogP contribution is 2.30. The first-order valence-electron chi connectivity index (χ1n) is 12.6. The summed E-state index contributed by atoms with van der Waals surface area (Å²) in [6, 6.07) is 20.6. The van der Waals surface area contributed by atoms with Crippen LogP contribution in [0.5, 0.6) is 11.5 Å². The van der Waals surface area contributed by atoms with E-state index in [9.17, 15) is 23.5 Å². The van der Waals surface area contributed by atoms with Gasteiger partial charge in [-0.25, -0.2) is 18.6 Å². The van der Waals surface area contributed by atoms with E-state index in [0.717, 1.165) is 17.7 Å². The van der Waals surface area contributed by atoms with Crippen LogP contribution in [0.4, 0.5) is 8.78 Å². The molecule has 0 bridgehead atoms. The van der Waals surface area contributed by atoms with Crippen LogP contribution in [0, 0.1) is 11.6 Å². The maximum Gasteiger partial charge on any atom is 0.326 e. The second-order valence-corrected chi connectivity index (χ2v) is 9.26. The van der Waals surface area contributed by atoms with E-state index in [-0.39, 0.29) is 29.0 Å². The molecule has 0 spiro atoms. The normalized spacial score (nSPS) is 11.7. The molecule has 0 fully saturated rings. The van der Waals surface area contributed by atoms with Crippen LogP contribution in [0.1, 0.15) is 21.6 Å². The van der Waals surface area contributed by atoms with Crippen LogP contribution in [0.2, 0.25) is 0 Å². The number of ether oxygens (including phenoxy) is 2. The summed E-state index contributed by atoms with van der Waals surface area (Å²) < 4.78 is 41.3. The molecule has 0 radical (unpaired) electrons. The summed E-state index contributed by atoms with van der Waals surface area (Å²) in [7, 11) is 1.31. The molecular formula is C31H25F2N3O5. The van der Waals surface area contributed by atoms with E-state index in [1.807, 2.05) is 30.3 Å². The van der Waals surface area contributed by atoms with E-state index >= 15 is 0 Å². The highest BCUT2D eigenvalue weighted by atomic mass is 19.1. The summed E-state index contributed by atoms with van der Waals surface area (Å²) in [6.07, 6.45) is 2.84. The Kier molecular flexibility index (Phi) is 7.91. The number of hydrogen-bond acceptors (Lipinski definition) is 5. The number of carbonyl (C=O) groups is 2. The first kappa shape index (κ1) is 27.3. The predicted molar refractivity (Wildman–Crippen MR) is 147 cm³/mol. The monoisotopic (exact) mass is 557 g/mol. The second-order valence-electron chi connectivity index (χ2n) is 9.26. The molecule has 0 aliphatic carbocycles. The summed E-state index contributed by atoms with van der Waals surface area (Å²) in [5.41, 5.74) is 1.97. The smallest absolute Gasteiger partial charge is 0.326 e. The summed E-state index contributed by atoms with van der Waals surface area (Å²) in [5.74, 6) is -2.84. The zero-order valence-corrected chi connectivity index (χ0v) is 21.9. The lowest BCUT2D eigenvalue weighted by molar-refractivity contribution is -0.139.